The summed E-state index contributed by atoms with van der Waals surface area (Å²) in [4.78, 5) is 22.7. The fourth-order valence-electron chi connectivity index (χ4n) is 1.27. The number of halogens is 2. The number of carbonyl (C=O) groups excluding carboxylic acids is 2. The number of amides is 2. The molecule has 0 aromatic rings. The van der Waals surface area contributed by atoms with Gasteiger partial charge in [-0.3, -0.25) is 16.6 Å². The molecular weight excluding hydrogens is 386 g/mol. The minimum absolute atomic E-state index is 0.177. The second-order valence-corrected chi connectivity index (χ2v) is 3.86. The summed E-state index contributed by atoms with van der Waals surface area (Å²) in [5.74, 6) is -0.355. The van der Waals surface area contributed by atoms with Gasteiger partial charge in [-0.15, -0.1) is 0 Å². The highest BCUT2D eigenvalue weighted by Crippen LogP contribution is 2.41. The van der Waals surface area contributed by atoms with Crippen molar-refractivity contribution in [1.29, 1.82) is 0 Å². The Hall–Kier alpha value is 0.400. The summed E-state index contributed by atoms with van der Waals surface area (Å²) in [5.41, 5.74) is -0.775. The molecule has 0 heterocycles. The molecule has 0 aromatic carbocycles. The smallest absolute Gasteiger partial charge is 0.244 e. The Kier molecular flexibility index (Phi) is 3.56. The lowest BCUT2D eigenvalue weighted by molar-refractivity contribution is -0.146. The molecule has 6 heteroatoms. The minimum atomic E-state index is -0.775. The molecule has 0 unspecified atom stereocenters. The molecule has 1 aliphatic carbocycles. The van der Waals surface area contributed by atoms with Gasteiger partial charge in [0.1, 0.15) is 5.41 Å². The van der Waals surface area contributed by atoms with Crippen molar-refractivity contribution in [3.63, 3.8) is 0 Å². The highest BCUT2D eigenvalue weighted by atomic mass is 127. The molecule has 0 aromatic heterocycles. The van der Waals surface area contributed by atoms with Gasteiger partial charge in [-0.05, 0) is 12.8 Å². The first-order valence-corrected chi connectivity index (χ1v) is 5.65. The summed E-state index contributed by atoms with van der Waals surface area (Å²) in [6, 6.07) is 0. The van der Waals surface area contributed by atoms with Crippen LogP contribution in [-0.2, 0) is 9.59 Å². The van der Waals surface area contributed by atoms with Gasteiger partial charge in [0.05, 0.1) is 45.7 Å². The third-order valence-electron chi connectivity index (χ3n) is 2.25. The molecule has 0 atom stereocenters. The summed E-state index contributed by atoms with van der Waals surface area (Å²) < 4.78 is 4.98. The third kappa shape index (κ3) is 1.54. The molecule has 12 heavy (non-hydrogen) atoms. The van der Waals surface area contributed by atoms with Gasteiger partial charge >= 0.3 is 0 Å². The standard InChI is InChI=1S/C6H8I2N2O2/c7-9-4(11)6(2-1-3-6)5(12)10-8/h1-3H2,(H,9,11)(H,10,12). The fraction of sp³-hybridized carbons (Fsp3) is 0.667. The minimum Gasteiger partial charge on any atom is -0.298 e. The zero-order chi connectivity index (χ0) is 9.19. The lowest BCUT2D eigenvalue weighted by atomic mass is 9.68. The van der Waals surface area contributed by atoms with Gasteiger partial charge in [-0.25, -0.2) is 0 Å². The van der Waals surface area contributed by atoms with Crippen LogP contribution in [0.4, 0.5) is 0 Å². The van der Waals surface area contributed by atoms with Crippen molar-refractivity contribution in [1.82, 2.24) is 7.06 Å². The quantitative estimate of drug-likeness (QED) is 0.419. The summed E-state index contributed by atoms with van der Waals surface area (Å²) in [6.45, 7) is 0. The average Bonchev–Trinajstić information content (AvgIpc) is 2.01. The highest BCUT2D eigenvalue weighted by molar-refractivity contribution is 14.1. The molecule has 1 saturated carbocycles. The number of rotatable bonds is 2. The molecule has 2 amide bonds. The largest absolute Gasteiger partial charge is 0.298 e. The molecular formula is C6H8I2N2O2. The SMILES string of the molecule is O=C(NI)C1(C(=O)NI)CCC1. The van der Waals surface area contributed by atoms with E-state index < -0.39 is 5.41 Å². The molecule has 2 N–H and O–H groups in total. The molecule has 1 aliphatic rings. The predicted molar refractivity (Wildman–Crippen MR) is 60.6 cm³/mol. The van der Waals surface area contributed by atoms with Crippen molar-refractivity contribution in [2.24, 2.45) is 5.41 Å². The molecule has 1 fully saturated rings. The van der Waals surface area contributed by atoms with E-state index in [9.17, 15) is 9.59 Å². The van der Waals surface area contributed by atoms with Crippen molar-refractivity contribution < 1.29 is 9.59 Å². The van der Waals surface area contributed by atoms with Gasteiger partial charge in [-0.2, -0.15) is 0 Å². The maximum absolute atomic E-state index is 11.3. The Bertz CT molecular complexity index is 198. The Morgan fingerprint density at radius 3 is 1.67 bits per heavy atom. The van der Waals surface area contributed by atoms with Gasteiger partial charge in [-0.1, -0.05) is 6.42 Å². The molecule has 68 valence electrons. The van der Waals surface area contributed by atoms with Crippen molar-refractivity contribution >= 4 is 57.5 Å². The lowest BCUT2D eigenvalue weighted by Gasteiger charge is -2.36. The van der Waals surface area contributed by atoms with Crippen LogP contribution in [0.15, 0.2) is 0 Å². The van der Waals surface area contributed by atoms with Gasteiger partial charge in [0.2, 0.25) is 11.8 Å². The van der Waals surface area contributed by atoms with Crippen LogP contribution < -0.4 is 7.06 Å². The van der Waals surface area contributed by atoms with Gasteiger partial charge in [0.25, 0.3) is 0 Å². The number of carbonyl (C=O) groups is 2. The first kappa shape index (κ1) is 10.5. The molecule has 0 radical (unpaired) electrons. The molecule has 0 aliphatic heterocycles. The van der Waals surface area contributed by atoms with Crippen molar-refractivity contribution in [2.75, 3.05) is 0 Å². The molecule has 4 nitrogen and oxygen atoms in total. The lowest BCUT2D eigenvalue weighted by Crippen LogP contribution is -2.51. The Morgan fingerprint density at radius 1 is 1.08 bits per heavy atom. The van der Waals surface area contributed by atoms with E-state index in [1.807, 2.05) is 0 Å². The summed E-state index contributed by atoms with van der Waals surface area (Å²) in [6.07, 6.45) is 2.28. The number of hydrogen-bond donors (Lipinski definition) is 2. The van der Waals surface area contributed by atoms with E-state index >= 15 is 0 Å². The summed E-state index contributed by atoms with van der Waals surface area (Å²) >= 11 is 3.53. The zero-order valence-corrected chi connectivity index (χ0v) is 10.5. The Morgan fingerprint density at radius 2 is 1.50 bits per heavy atom. The average molecular weight is 394 g/mol. The Balaban J connectivity index is 2.75. The van der Waals surface area contributed by atoms with E-state index in [1.165, 1.54) is 0 Å². The second kappa shape index (κ2) is 4.07. The van der Waals surface area contributed by atoms with Crippen molar-refractivity contribution in [3.05, 3.63) is 0 Å². The van der Waals surface area contributed by atoms with Crippen molar-refractivity contribution in [3.8, 4) is 0 Å². The zero-order valence-electron chi connectivity index (χ0n) is 6.19. The second-order valence-electron chi connectivity index (χ2n) is 2.78. The van der Waals surface area contributed by atoms with Crippen LogP contribution in [0, 0.1) is 5.41 Å². The monoisotopic (exact) mass is 394 g/mol. The molecule has 0 saturated heterocycles. The molecule has 1 rings (SSSR count). The third-order valence-corrected chi connectivity index (χ3v) is 3.23. The van der Waals surface area contributed by atoms with E-state index in [-0.39, 0.29) is 11.8 Å². The van der Waals surface area contributed by atoms with E-state index in [0.29, 0.717) is 12.8 Å². The first-order valence-electron chi connectivity index (χ1n) is 3.49. The summed E-state index contributed by atoms with van der Waals surface area (Å²) in [5, 5.41) is 0. The van der Waals surface area contributed by atoms with Gasteiger partial charge < -0.3 is 0 Å². The van der Waals surface area contributed by atoms with Gasteiger partial charge in [0, 0.05) is 0 Å². The van der Waals surface area contributed by atoms with Crippen LogP contribution in [-0.4, -0.2) is 11.8 Å². The fourth-order valence-corrected chi connectivity index (χ4v) is 2.30. The van der Waals surface area contributed by atoms with Crippen LogP contribution in [0.1, 0.15) is 19.3 Å². The number of hydrogen-bond acceptors (Lipinski definition) is 2. The maximum atomic E-state index is 11.3. The van der Waals surface area contributed by atoms with Crippen molar-refractivity contribution in [2.45, 2.75) is 19.3 Å². The van der Waals surface area contributed by atoms with E-state index in [4.69, 9.17) is 0 Å². The van der Waals surface area contributed by atoms with E-state index in [2.05, 4.69) is 7.06 Å². The van der Waals surface area contributed by atoms with E-state index in [1.54, 1.807) is 45.7 Å². The van der Waals surface area contributed by atoms with Crippen LogP contribution >= 0.6 is 45.7 Å². The molecule has 0 spiro atoms. The van der Waals surface area contributed by atoms with Crippen LogP contribution in [0.5, 0.6) is 0 Å². The first-order chi connectivity index (χ1) is 5.67. The van der Waals surface area contributed by atoms with E-state index in [0.717, 1.165) is 6.42 Å². The predicted octanol–water partition coefficient (Wildman–Crippen LogP) is 1.09. The van der Waals surface area contributed by atoms with Crippen LogP contribution in [0.25, 0.3) is 0 Å². The normalized spacial score (nSPS) is 19.2. The number of nitrogens with one attached hydrogen (secondary N) is 2. The molecule has 0 bridgehead atoms. The highest BCUT2D eigenvalue weighted by Gasteiger charge is 2.50. The maximum Gasteiger partial charge on any atom is 0.244 e. The Labute approximate surface area is 98.2 Å². The summed E-state index contributed by atoms with van der Waals surface area (Å²) in [7, 11) is 0. The van der Waals surface area contributed by atoms with Gasteiger partial charge in [0.15, 0.2) is 0 Å². The topological polar surface area (TPSA) is 58.2 Å². The van der Waals surface area contributed by atoms with Crippen LogP contribution in [0.2, 0.25) is 0 Å². The van der Waals surface area contributed by atoms with Crippen LogP contribution in [0.3, 0.4) is 0 Å².